The predicted octanol–water partition coefficient (Wildman–Crippen LogP) is 3.32. The largest absolute Gasteiger partial charge is 0.494 e. The minimum absolute atomic E-state index is 0.0897. The number of aryl methyl sites for hydroxylation is 1. The van der Waals surface area contributed by atoms with Crippen molar-refractivity contribution >= 4 is 17.5 Å². The van der Waals surface area contributed by atoms with E-state index < -0.39 is 0 Å². The molecule has 0 spiro atoms. The molecule has 6 heteroatoms. The van der Waals surface area contributed by atoms with Crippen LogP contribution >= 0.6 is 0 Å². The Balaban J connectivity index is 1.71. The van der Waals surface area contributed by atoms with Crippen molar-refractivity contribution in [3.8, 4) is 11.8 Å². The average Bonchev–Trinajstić information content (AvgIpc) is 2.65. The molecule has 140 valence electrons. The number of nitrogens with zero attached hydrogens (tertiary/aromatic N) is 1. The number of carbonyl (C=O) groups is 2. The fraction of sp³-hybridized carbons (Fsp3) is 0.286. The van der Waals surface area contributed by atoms with Crippen LogP contribution in [-0.2, 0) is 16.1 Å². The Morgan fingerprint density at radius 1 is 1.11 bits per heavy atom. The third-order valence-corrected chi connectivity index (χ3v) is 3.78. The van der Waals surface area contributed by atoms with E-state index >= 15 is 0 Å². The van der Waals surface area contributed by atoms with Crippen molar-refractivity contribution in [2.75, 3.05) is 11.9 Å². The molecule has 0 unspecified atom stereocenters. The zero-order valence-electron chi connectivity index (χ0n) is 15.3. The van der Waals surface area contributed by atoms with Crippen LogP contribution in [0.3, 0.4) is 0 Å². The number of anilines is 1. The van der Waals surface area contributed by atoms with Crippen molar-refractivity contribution in [3.05, 3.63) is 59.7 Å². The molecular formula is C21H23N3O3. The Hall–Kier alpha value is -3.33. The van der Waals surface area contributed by atoms with Gasteiger partial charge < -0.3 is 15.4 Å². The molecule has 2 aromatic carbocycles. The summed E-state index contributed by atoms with van der Waals surface area (Å²) in [5.74, 6) is 0.390. The Morgan fingerprint density at radius 2 is 1.89 bits per heavy atom. The van der Waals surface area contributed by atoms with Gasteiger partial charge in [0.25, 0.3) is 0 Å². The number of benzene rings is 2. The zero-order valence-corrected chi connectivity index (χ0v) is 15.3. The monoisotopic (exact) mass is 365 g/mol. The van der Waals surface area contributed by atoms with Crippen molar-refractivity contribution in [2.24, 2.45) is 0 Å². The van der Waals surface area contributed by atoms with E-state index in [0.717, 1.165) is 11.3 Å². The van der Waals surface area contributed by atoms with E-state index in [-0.39, 0.29) is 18.2 Å². The van der Waals surface area contributed by atoms with Gasteiger partial charge in [-0.1, -0.05) is 29.8 Å². The molecule has 0 aliphatic rings. The van der Waals surface area contributed by atoms with Crippen molar-refractivity contribution in [1.82, 2.24) is 5.32 Å². The summed E-state index contributed by atoms with van der Waals surface area (Å²) < 4.78 is 5.61. The summed E-state index contributed by atoms with van der Waals surface area (Å²) in [5.41, 5.74) is 2.70. The molecule has 6 nitrogen and oxygen atoms in total. The Kier molecular flexibility index (Phi) is 7.86. The van der Waals surface area contributed by atoms with Crippen LogP contribution in [-0.4, -0.2) is 18.4 Å². The number of hydrogen-bond donors (Lipinski definition) is 2. The second-order valence-corrected chi connectivity index (χ2v) is 6.13. The lowest BCUT2D eigenvalue weighted by Gasteiger charge is -2.09. The van der Waals surface area contributed by atoms with Crippen LogP contribution < -0.4 is 15.4 Å². The van der Waals surface area contributed by atoms with Gasteiger partial charge in [0.1, 0.15) is 12.2 Å². The van der Waals surface area contributed by atoms with Crippen molar-refractivity contribution in [1.29, 1.82) is 5.26 Å². The van der Waals surface area contributed by atoms with Crippen LogP contribution in [0.15, 0.2) is 48.5 Å². The SMILES string of the molecule is Cc1ccc(OCCCC(=O)Nc2cccc(CNC(=O)CC#N)c2)cc1. The van der Waals surface area contributed by atoms with E-state index in [2.05, 4.69) is 10.6 Å². The molecule has 0 bridgehead atoms. The van der Waals surface area contributed by atoms with Gasteiger partial charge >= 0.3 is 0 Å². The molecule has 0 heterocycles. The molecule has 0 aliphatic heterocycles. The Morgan fingerprint density at radius 3 is 2.63 bits per heavy atom. The van der Waals surface area contributed by atoms with Crippen molar-refractivity contribution in [3.63, 3.8) is 0 Å². The fourth-order valence-corrected chi connectivity index (χ4v) is 2.37. The molecule has 0 saturated carbocycles. The van der Waals surface area contributed by atoms with Gasteiger partial charge in [0.05, 0.1) is 12.7 Å². The number of hydrogen-bond acceptors (Lipinski definition) is 4. The van der Waals surface area contributed by atoms with Crippen molar-refractivity contribution < 1.29 is 14.3 Å². The molecule has 2 amide bonds. The first-order valence-electron chi connectivity index (χ1n) is 8.79. The van der Waals surface area contributed by atoms with E-state index in [9.17, 15) is 9.59 Å². The van der Waals surface area contributed by atoms with Gasteiger partial charge in [-0.15, -0.1) is 0 Å². The highest BCUT2D eigenvalue weighted by molar-refractivity contribution is 5.90. The maximum Gasteiger partial charge on any atom is 0.234 e. The number of amides is 2. The van der Waals surface area contributed by atoms with Crippen LogP contribution in [0.5, 0.6) is 5.75 Å². The Bertz CT molecular complexity index is 810. The average molecular weight is 365 g/mol. The van der Waals surface area contributed by atoms with Gasteiger partial charge in [0.15, 0.2) is 0 Å². The molecule has 2 rings (SSSR count). The highest BCUT2D eigenvalue weighted by Crippen LogP contribution is 2.13. The lowest BCUT2D eigenvalue weighted by Crippen LogP contribution is -2.22. The van der Waals surface area contributed by atoms with Crippen LogP contribution in [0.1, 0.15) is 30.4 Å². The lowest BCUT2D eigenvalue weighted by atomic mass is 10.2. The van der Waals surface area contributed by atoms with E-state index in [1.165, 1.54) is 5.56 Å². The second-order valence-electron chi connectivity index (χ2n) is 6.13. The van der Waals surface area contributed by atoms with Crippen molar-refractivity contribution in [2.45, 2.75) is 32.7 Å². The molecule has 0 saturated heterocycles. The minimum atomic E-state index is -0.319. The van der Waals surface area contributed by atoms with E-state index in [1.807, 2.05) is 43.3 Å². The number of nitrogens with one attached hydrogen (secondary N) is 2. The smallest absolute Gasteiger partial charge is 0.234 e. The summed E-state index contributed by atoms with van der Waals surface area (Å²) >= 11 is 0. The molecule has 27 heavy (non-hydrogen) atoms. The third kappa shape index (κ3) is 7.61. The molecule has 2 aromatic rings. The summed E-state index contributed by atoms with van der Waals surface area (Å²) in [7, 11) is 0. The van der Waals surface area contributed by atoms with Gasteiger partial charge in [-0.2, -0.15) is 5.26 Å². The molecule has 0 radical (unpaired) electrons. The van der Waals surface area contributed by atoms with E-state index in [1.54, 1.807) is 18.2 Å². The normalized spacial score (nSPS) is 9.93. The third-order valence-electron chi connectivity index (χ3n) is 3.78. The first-order chi connectivity index (χ1) is 13.1. The van der Waals surface area contributed by atoms with Gasteiger partial charge in [0.2, 0.25) is 11.8 Å². The van der Waals surface area contributed by atoms with Crippen LogP contribution in [0.2, 0.25) is 0 Å². The highest BCUT2D eigenvalue weighted by atomic mass is 16.5. The van der Waals surface area contributed by atoms with Crippen LogP contribution in [0.25, 0.3) is 0 Å². The predicted molar refractivity (Wildman–Crippen MR) is 103 cm³/mol. The van der Waals surface area contributed by atoms with Gasteiger partial charge in [0, 0.05) is 18.7 Å². The fourth-order valence-electron chi connectivity index (χ4n) is 2.37. The topological polar surface area (TPSA) is 91.2 Å². The number of ether oxygens (including phenoxy) is 1. The standard InChI is InChI=1S/C21H23N3O3/c1-16-7-9-19(10-8-16)27-13-3-6-21(26)24-18-5-2-4-17(14-18)15-23-20(25)11-12-22/h2,4-5,7-10,14H,3,6,11,13,15H2,1H3,(H,23,25)(H,24,26). The first-order valence-corrected chi connectivity index (χ1v) is 8.79. The maximum absolute atomic E-state index is 12.1. The number of carbonyl (C=O) groups excluding carboxylic acids is 2. The molecular weight excluding hydrogens is 342 g/mol. The van der Waals surface area contributed by atoms with Gasteiger partial charge in [-0.3, -0.25) is 9.59 Å². The van der Waals surface area contributed by atoms with Gasteiger partial charge in [-0.25, -0.2) is 0 Å². The van der Waals surface area contributed by atoms with E-state index in [0.29, 0.717) is 31.7 Å². The first kappa shape index (κ1) is 20.0. The minimum Gasteiger partial charge on any atom is -0.494 e. The Labute approximate surface area is 159 Å². The van der Waals surface area contributed by atoms with Crippen LogP contribution in [0.4, 0.5) is 5.69 Å². The molecule has 0 aromatic heterocycles. The maximum atomic E-state index is 12.1. The summed E-state index contributed by atoms with van der Waals surface area (Å²) in [4.78, 5) is 23.4. The number of rotatable bonds is 9. The molecule has 0 atom stereocenters. The van der Waals surface area contributed by atoms with Crippen LogP contribution in [0, 0.1) is 18.3 Å². The molecule has 0 fully saturated rings. The highest BCUT2D eigenvalue weighted by Gasteiger charge is 2.05. The lowest BCUT2D eigenvalue weighted by molar-refractivity contribution is -0.120. The molecule has 2 N–H and O–H groups in total. The summed E-state index contributed by atoms with van der Waals surface area (Å²) in [5, 5.41) is 14.0. The van der Waals surface area contributed by atoms with E-state index in [4.69, 9.17) is 10.00 Å². The zero-order chi connectivity index (χ0) is 19.5. The second kappa shape index (κ2) is 10.6. The summed E-state index contributed by atoms with van der Waals surface area (Å²) in [6.45, 7) is 2.80. The summed E-state index contributed by atoms with van der Waals surface area (Å²) in [6, 6.07) is 16.8. The summed E-state index contributed by atoms with van der Waals surface area (Å²) in [6.07, 6.45) is 0.805. The van der Waals surface area contributed by atoms with Gasteiger partial charge in [-0.05, 0) is 43.2 Å². The molecule has 0 aliphatic carbocycles. The number of nitriles is 1. The quantitative estimate of drug-likeness (QED) is 0.667.